The van der Waals surface area contributed by atoms with Crippen LogP contribution in [0.1, 0.15) is 26.7 Å². The third-order valence-corrected chi connectivity index (χ3v) is 1.18. The Balaban J connectivity index is 3.20. The average Bonchev–Trinajstić information content (AvgIpc) is 1.79. The zero-order chi connectivity index (χ0) is 7.98. The molecule has 2 heteroatoms. The van der Waals surface area contributed by atoms with E-state index in [0.29, 0.717) is 0 Å². The Morgan fingerprint density at radius 2 is 1.30 bits per heavy atom. The first-order valence-electron chi connectivity index (χ1n) is 3.79. The van der Waals surface area contributed by atoms with E-state index in [4.69, 9.17) is 11.5 Å². The molecule has 0 aromatic heterocycles. The molecule has 0 spiro atoms. The highest BCUT2D eigenvalue weighted by molar-refractivity contribution is 4.86. The van der Waals surface area contributed by atoms with E-state index < -0.39 is 0 Å². The van der Waals surface area contributed by atoms with Crippen molar-refractivity contribution in [3.05, 3.63) is 12.2 Å². The van der Waals surface area contributed by atoms with Crippen molar-refractivity contribution in [1.82, 2.24) is 0 Å². The number of hydrogen-bond donors (Lipinski definition) is 2. The Labute approximate surface area is 63.3 Å². The van der Waals surface area contributed by atoms with E-state index in [9.17, 15) is 0 Å². The van der Waals surface area contributed by atoms with Gasteiger partial charge < -0.3 is 11.5 Å². The molecule has 10 heavy (non-hydrogen) atoms. The van der Waals surface area contributed by atoms with E-state index in [1.165, 1.54) is 0 Å². The van der Waals surface area contributed by atoms with Crippen LogP contribution >= 0.6 is 0 Å². The molecule has 0 radical (unpaired) electrons. The number of hydrogen-bond acceptors (Lipinski definition) is 2. The second-order valence-corrected chi connectivity index (χ2v) is 2.90. The molecule has 0 saturated carbocycles. The fourth-order valence-corrected chi connectivity index (χ4v) is 0.622. The molecule has 2 nitrogen and oxygen atoms in total. The predicted octanol–water partition coefficient (Wildman–Crippen LogP) is 1.02. The lowest BCUT2D eigenvalue weighted by Crippen LogP contribution is -2.14. The van der Waals surface area contributed by atoms with E-state index in [2.05, 4.69) is 12.2 Å². The van der Waals surface area contributed by atoms with Gasteiger partial charge in [0, 0.05) is 12.1 Å². The molecule has 0 fully saturated rings. The van der Waals surface area contributed by atoms with Crippen molar-refractivity contribution in [2.45, 2.75) is 38.8 Å². The van der Waals surface area contributed by atoms with Gasteiger partial charge in [-0.25, -0.2) is 0 Å². The van der Waals surface area contributed by atoms with Crippen molar-refractivity contribution in [1.29, 1.82) is 0 Å². The Morgan fingerprint density at radius 3 is 1.50 bits per heavy atom. The summed E-state index contributed by atoms with van der Waals surface area (Å²) in [6.45, 7) is 3.99. The molecule has 60 valence electrons. The molecule has 0 aliphatic carbocycles. The molecular weight excluding hydrogens is 124 g/mol. The normalized spacial score (nSPS) is 17.6. The Morgan fingerprint density at radius 1 is 1.00 bits per heavy atom. The molecule has 0 heterocycles. The van der Waals surface area contributed by atoms with E-state index in [0.717, 1.165) is 12.8 Å². The van der Waals surface area contributed by atoms with Crippen LogP contribution in [0.5, 0.6) is 0 Å². The summed E-state index contributed by atoms with van der Waals surface area (Å²) in [6, 6.07) is 0.536. The zero-order valence-electron chi connectivity index (χ0n) is 6.88. The topological polar surface area (TPSA) is 52.0 Å². The van der Waals surface area contributed by atoms with Crippen LogP contribution in [-0.2, 0) is 0 Å². The van der Waals surface area contributed by atoms with Gasteiger partial charge in [0.1, 0.15) is 0 Å². The van der Waals surface area contributed by atoms with Crippen molar-refractivity contribution in [2.75, 3.05) is 0 Å². The maximum atomic E-state index is 5.53. The van der Waals surface area contributed by atoms with Gasteiger partial charge in [-0.3, -0.25) is 0 Å². The van der Waals surface area contributed by atoms with E-state index in [1.807, 2.05) is 13.8 Å². The first kappa shape index (κ1) is 9.66. The first-order valence-corrected chi connectivity index (χ1v) is 3.79. The summed E-state index contributed by atoms with van der Waals surface area (Å²) in [5, 5.41) is 0. The third-order valence-electron chi connectivity index (χ3n) is 1.18. The summed E-state index contributed by atoms with van der Waals surface area (Å²) in [5.41, 5.74) is 11.1. The summed E-state index contributed by atoms with van der Waals surface area (Å²) in [4.78, 5) is 0. The molecule has 0 rings (SSSR count). The quantitative estimate of drug-likeness (QED) is 0.576. The lowest BCUT2D eigenvalue weighted by molar-refractivity contribution is 0.735. The lowest BCUT2D eigenvalue weighted by Gasteiger charge is -1.99. The highest BCUT2D eigenvalue weighted by Crippen LogP contribution is 1.92. The molecule has 0 aromatic carbocycles. The van der Waals surface area contributed by atoms with Crippen LogP contribution in [0.15, 0.2) is 12.2 Å². The standard InChI is InChI=1S/C8H18N2/c1-7(9)5-3-4-6-8(2)10/h3-4,7-8H,5-6,9-10H2,1-2H3/b4-3-/t7-,8-/m0/s1. The molecular formula is C8H18N2. The molecule has 0 aliphatic heterocycles. The first-order chi connectivity index (χ1) is 4.63. The van der Waals surface area contributed by atoms with Crippen molar-refractivity contribution in [3.63, 3.8) is 0 Å². The van der Waals surface area contributed by atoms with E-state index >= 15 is 0 Å². The minimum atomic E-state index is 0.268. The van der Waals surface area contributed by atoms with E-state index in [-0.39, 0.29) is 12.1 Å². The summed E-state index contributed by atoms with van der Waals surface area (Å²) in [7, 11) is 0. The highest BCUT2D eigenvalue weighted by atomic mass is 14.6. The van der Waals surface area contributed by atoms with Gasteiger partial charge in [0.15, 0.2) is 0 Å². The summed E-state index contributed by atoms with van der Waals surface area (Å²) < 4.78 is 0. The fraction of sp³-hybridized carbons (Fsp3) is 0.750. The fourth-order valence-electron chi connectivity index (χ4n) is 0.622. The highest BCUT2D eigenvalue weighted by Gasteiger charge is 1.89. The molecule has 0 bridgehead atoms. The Kier molecular flexibility index (Phi) is 5.26. The van der Waals surface area contributed by atoms with Gasteiger partial charge in [0.25, 0.3) is 0 Å². The average molecular weight is 142 g/mol. The third kappa shape index (κ3) is 7.66. The lowest BCUT2D eigenvalue weighted by atomic mass is 10.2. The summed E-state index contributed by atoms with van der Waals surface area (Å²) >= 11 is 0. The largest absolute Gasteiger partial charge is 0.328 e. The maximum Gasteiger partial charge on any atom is 0.00449 e. The van der Waals surface area contributed by atoms with Gasteiger partial charge in [0.2, 0.25) is 0 Å². The molecule has 0 saturated heterocycles. The van der Waals surface area contributed by atoms with Crippen LogP contribution in [0, 0.1) is 0 Å². The van der Waals surface area contributed by atoms with Gasteiger partial charge in [-0.05, 0) is 26.7 Å². The predicted molar refractivity (Wildman–Crippen MR) is 45.7 cm³/mol. The van der Waals surface area contributed by atoms with Crippen LogP contribution in [0.2, 0.25) is 0 Å². The number of rotatable bonds is 4. The number of nitrogens with two attached hydrogens (primary N) is 2. The zero-order valence-corrected chi connectivity index (χ0v) is 6.88. The summed E-state index contributed by atoms with van der Waals surface area (Å²) in [6.07, 6.45) is 6.08. The van der Waals surface area contributed by atoms with Gasteiger partial charge in [0.05, 0.1) is 0 Å². The van der Waals surface area contributed by atoms with Gasteiger partial charge in [-0.15, -0.1) is 0 Å². The molecule has 0 amide bonds. The van der Waals surface area contributed by atoms with Crippen molar-refractivity contribution in [2.24, 2.45) is 11.5 Å². The smallest absolute Gasteiger partial charge is 0.00449 e. The van der Waals surface area contributed by atoms with Gasteiger partial charge >= 0.3 is 0 Å². The van der Waals surface area contributed by atoms with Gasteiger partial charge in [-0.1, -0.05) is 12.2 Å². The second kappa shape index (κ2) is 5.45. The Hall–Kier alpha value is -0.340. The maximum absolute atomic E-state index is 5.53. The van der Waals surface area contributed by atoms with Crippen molar-refractivity contribution < 1.29 is 0 Å². The van der Waals surface area contributed by atoms with Crippen LogP contribution in [-0.4, -0.2) is 12.1 Å². The van der Waals surface area contributed by atoms with Crippen LogP contribution < -0.4 is 11.5 Å². The van der Waals surface area contributed by atoms with Crippen molar-refractivity contribution in [3.8, 4) is 0 Å². The Bertz CT molecular complexity index is 83.4. The van der Waals surface area contributed by atoms with E-state index in [1.54, 1.807) is 0 Å². The van der Waals surface area contributed by atoms with Crippen LogP contribution in [0.3, 0.4) is 0 Å². The monoisotopic (exact) mass is 142 g/mol. The van der Waals surface area contributed by atoms with Crippen LogP contribution in [0.25, 0.3) is 0 Å². The molecule has 0 aliphatic rings. The van der Waals surface area contributed by atoms with Crippen molar-refractivity contribution >= 4 is 0 Å². The van der Waals surface area contributed by atoms with Gasteiger partial charge in [-0.2, -0.15) is 0 Å². The minimum absolute atomic E-state index is 0.268. The molecule has 0 unspecified atom stereocenters. The SMILES string of the molecule is C[C@H](N)C/C=C\C[C@H](C)N. The molecule has 2 atom stereocenters. The molecule has 4 N–H and O–H groups in total. The minimum Gasteiger partial charge on any atom is -0.328 e. The second-order valence-electron chi connectivity index (χ2n) is 2.90. The van der Waals surface area contributed by atoms with Crippen LogP contribution in [0.4, 0.5) is 0 Å². The summed E-state index contributed by atoms with van der Waals surface area (Å²) in [5.74, 6) is 0. The molecule has 0 aromatic rings.